The summed E-state index contributed by atoms with van der Waals surface area (Å²) in [5.74, 6) is -0.0195. The van der Waals surface area contributed by atoms with E-state index in [-0.39, 0.29) is 22.8 Å². The third-order valence-corrected chi connectivity index (χ3v) is 7.07. The third kappa shape index (κ3) is 7.36. The highest BCUT2D eigenvalue weighted by Gasteiger charge is 2.29. The maximum Gasteiger partial charge on any atom is 0.407 e. The number of primary amides is 1. The second kappa shape index (κ2) is 12.8. The molecule has 3 aromatic rings. The fourth-order valence-corrected chi connectivity index (χ4v) is 5.09. The van der Waals surface area contributed by atoms with Gasteiger partial charge in [-0.1, -0.05) is 23.8 Å². The molecule has 0 saturated carbocycles. The molecule has 1 atom stereocenters. The van der Waals surface area contributed by atoms with Gasteiger partial charge in [0.15, 0.2) is 16.9 Å². The molecule has 4 N–H and O–H groups in total. The number of carbonyl (C=O) groups excluding carboxylic acids is 3. The van der Waals surface area contributed by atoms with Crippen molar-refractivity contribution in [1.29, 1.82) is 0 Å². The number of piperidine rings is 1. The number of anilines is 2. The van der Waals surface area contributed by atoms with E-state index in [9.17, 15) is 24.0 Å². The van der Waals surface area contributed by atoms with Crippen LogP contribution >= 0.6 is 0 Å². The van der Waals surface area contributed by atoms with Crippen molar-refractivity contribution in [3.63, 3.8) is 0 Å². The largest absolute Gasteiger partial charge is 0.444 e. The summed E-state index contributed by atoms with van der Waals surface area (Å²) in [7, 11) is 1.51. The lowest BCUT2D eigenvalue weighted by Gasteiger charge is -2.34. The molecule has 14 heteroatoms. The molecule has 1 fully saturated rings. The number of rotatable bonds is 8. The van der Waals surface area contributed by atoms with E-state index in [1.807, 2.05) is 24.8 Å². The first kappa shape index (κ1) is 32.0. The van der Waals surface area contributed by atoms with Gasteiger partial charge in [0.1, 0.15) is 5.60 Å². The van der Waals surface area contributed by atoms with E-state index in [0.29, 0.717) is 31.3 Å². The summed E-state index contributed by atoms with van der Waals surface area (Å²) in [4.78, 5) is 71.0. The number of amides is 3. The topological polar surface area (TPSA) is 176 Å². The average Bonchev–Trinajstić information content (AvgIpc) is 3.31. The van der Waals surface area contributed by atoms with Crippen LogP contribution in [-0.4, -0.2) is 61.3 Å². The van der Waals surface area contributed by atoms with Gasteiger partial charge in [0, 0.05) is 44.0 Å². The summed E-state index contributed by atoms with van der Waals surface area (Å²) in [5, 5.41) is 5.34. The first-order valence-electron chi connectivity index (χ1n) is 14.4. The highest BCUT2D eigenvalue weighted by molar-refractivity contribution is 5.98. The Balaban J connectivity index is 1.74. The van der Waals surface area contributed by atoms with Crippen LogP contribution in [-0.2, 0) is 24.9 Å². The lowest BCUT2D eigenvalue weighted by molar-refractivity contribution is 0.0499. The lowest BCUT2D eigenvalue weighted by Crippen LogP contribution is -2.49. The van der Waals surface area contributed by atoms with Gasteiger partial charge in [-0.15, -0.1) is 0 Å². The van der Waals surface area contributed by atoms with Gasteiger partial charge in [0.05, 0.1) is 6.54 Å². The number of hydrogen-bond donors (Lipinski definition) is 3. The Morgan fingerprint density at radius 3 is 2.55 bits per heavy atom. The van der Waals surface area contributed by atoms with Crippen molar-refractivity contribution in [1.82, 2.24) is 24.0 Å². The van der Waals surface area contributed by atoms with Gasteiger partial charge in [-0.2, -0.15) is 4.98 Å². The van der Waals surface area contributed by atoms with Crippen molar-refractivity contribution in [2.75, 3.05) is 23.3 Å². The van der Waals surface area contributed by atoms with Crippen molar-refractivity contribution < 1.29 is 19.1 Å². The number of benzene rings is 1. The van der Waals surface area contributed by atoms with Gasteiger partial charge < -0.3 is 30.6 Å². The molecular weight excluding hydrogens is 568 g/mol. The summed E-state index contributed by atoms with van der Waals surface area (Å²) < 4.78 is 9.34. The van der Waals surface area contributed by atoms with Crippen molar-refractivity contribution >= 4 is 40.7 Å². The maximum absolute atomic E-state index is 13.9. The molecule has 3 heterocycles. The molecule has 44 heavy (non-hydrogen) atoms. The molecule has 1 aliphatic rings. The maximum atomic E-state index is 13.9. The Kier molecular flexibility index (Phi) is 9.30. The van der Waals surface area contributed by atoms with Gasteiger partial charge in [-0.25, -0.2) is 14.4 Å². The second-order valence-electron chi connectivity index (χ2n) is 12.1. The molecule has 0 radical (unpaired) electrons. The van der Waals surface area contributed by atoms with Crippen LogP contribution in [0.5, 0.6) is 0 Å². The average molecular weight is 609 g/mol. The number of urea groups is 1. The zero-order valence-electron chi connectivity index (χ0n) is 26.0. The number of imidazole rings is 1. The smallest absolute Gasteiger partial charge is 0.407 e. The molecule has 1 saturated heterocycles. The summed E-state index contributed by atoms with van der Waals surface area (Å²) >= 11 is 0. The van der Waals surface area contributed by atoms with Crippen LogP contribution in [0, 0.1) is 0 Å². The number of aryl methyl sites for hydroxylation is 1. The number of Topliss-reactive ketones (excluding diaryl/α,β-unsaturated/α-hetero) is 1. The minimum atomic E-state index is -0.786. The monoisotopic (exact) mass is 608 g/mol. The van der Waals surface area contributed by atoms with Crippen LogP contribution in [0.1, 0.15) is 57.8 Å². The highest BCUT2D eigenvalue weighted by Crippen LogP contribution is 2.24. The van der Waals surface area contributed by atoms with Gasteiger partial charge in [0.25, 0.3) is 5.56 Å². The Labute approximate surface area is 254 Å². The molecule has 0 spiro atoms. The van der Waals surface area contributed by atoms with Gasteiger partial charge in [-0.05, 0) is 59.6 Å². The normalized spacial score (nSPS) is 15.1. The van der Waals surface area contributed by atoms with E-state index in [4.69, 9.17) is 15.5 Å². The molecule has 1 unspecified atom stereocenters. The molecule has 2 aromatic heterocycles. The standard InChI is InChI=1S/C30H40N8O6/c1-18(2)12-14-37-23-24(34-27(37)36-13-8-11-21(16-36)33-28(42)44-30(3,4)5)35(6)29(43)38(25(23)40)17-22(39)19-9-7-10-20(15-19)32-26(31)41/h7,9-10,12,15,21H,8,11,13-14,16-17H2,1-6H3,(H,33,42)(H3,31,32,41). The number of allylic oxidation sites excluding steroid dienone is 2. The zero-order chi connectivity index (χ0) is 32.3. The van der Waals surface area contributed by atoms with Crippen molar-refractivity contribution in [3.05, 3.63) is 62.3 Å². The number of nitrogens with zero attached hydrogens (tertiary/aromatic N) is 5. The van der Waals surface area contributed by atoms with Gasteiger partial charge >= 0.3 is 17.8 Å². The van der Waals surface area contributed by atoms with E-state index in [0.717, 1.165) is 23.0 Å². The molecule has 0 aliphatic carbocycles. The second-order valence-corrected chi connectivity index (χ2v) is 12.1. The fourth-order valence-electron chi connectivity index (χ4n) is 5.09. The van der Waals surface area contributed by atoms with Crippen molar-refractivity contribution in [3.8, 4) is 0 Å². The van der Waals surface area contributed by atoms with Crippen LogP contribution in [0.2, 0.25) is 0 Å². The van der Waals surface area contributed by atoms with Gasteiger partial charge in [0.2, 0.25) is 5.95 Å². The predicted molar refractivity (Wildman–Crippen MR) is 167 cm³/mol. The summed E-state index contributed by atoms with van der Waals surface area (Å²) in [6.45, 7) is 10.1. The van der Waals surface area contributed by atoms with Crippen LogP contribution in [0.25, 0.3) is 11.2 Å². The minimum absolute atomic E-state index is 0.179. The van der Waals surface area contributed by atoms with Crippen LogP contribution in [0.3, 0.4) is 0 Å². The molecule has 1 aromatic carbocycles. The number of nitrogens with two attached hydrogens (primary N) is 1. The summed E-state index contributed by atoms with van der Waals surface area (Å²) in [6.07, 6.45) is 2.94. The molecular formula is C30H40N8O6. The number of ether oxygens (including phenoxy) is 1. The van der Waals surface area contributed by atoms with Crippen LogP contribution in [0.15, 0.2) is 45.5 Å². The quantitative estimate of drug-likeness (QED) is 0.258. The number of carbonyl (C=O) groups is 3. The Morgan fingerprint density at radius 1 is 1.16 bits per heavy atom. The first-order valence-corrected chi connectivity index (χ1v) is 14.4. The molecule has 0 bridgehead atoms. The molecule has 1 aliphatic heterocycles. The number of fused-ring (bicyclic) bond motifs is 1. The van der Waals surface area contributed by atoms with Crippen LogP contribution in [0.4, 0.5) is 21.2 Å². The summed E-state index contributed by atoms with van der Waals surface area (Å²) in [5.41, 5.74) is 5.10. The number of nitrogens with one attached hydrogen (secondary N) is 2. The van der Waals surface area contributed by atoms with Gasteiger partial charge in [-0.3, -0.25) is 18.7 Å². The first-order chi connectivity index (χ1) is 20.6. The van der Waals surface area contributed by atoms with E-state index in [2.05, 4.69) is 10.6 Å². The SMILES string of the molecule is CC(C)=CCn1c(N2CCCC(NC(=O)OC(C)(C)C)C2)nc2c1c(=O)n(CC(=O)c1cccc(NC(N)=O)c1)c(=O)n2C. The lowest BCUT2D eigenvalue weighted by atomic mass is 10.1. The number of alkyl carbamates (subject to hydrolysis) is 1. The van der Waals surface area contributed by atoms with Crippen molar-refractivity contribution in [2.45, 2.75) is 72.2 Å². The minimum Gasteiger partial charge on any atom is -0.444 e. The van der Waals surface area contributed by atoms with E-state index >= 15 is 0 Å². The van der Waals surface area contributed by atoms with Crippen molar-refractivity contribution in [2.24, 2.45) is 12.8 Å². The predicted octanol–water partition coefficient (Wildman–Crippen LogP) is 2.73. The Hall–Kier alpha value is -4.88. The number of aromatic nitrogens is 4. The molecule has 14 nitrogen and oxygen atoms in total. The molecule has 4 rings (SSSR count). The third-order valence-electron chi connectivity index (χ3n) is 7.07. The zero-order valence-corrected chi connectivity index (χ0v) is 26.0. The summed E-state index contributed by atoms with van der Waals surface area (Å²) in [6, 6.07) is 5.08. The molecule has 3 amide bonds. The van der Waals surface area contributed by atoms with E-state index in [1.54, 1.807) is 37.5 Å². The Bertz CT molecular complexity index is 1740. The highest BCUT2D eigenvalue weighted by atomic mass is 16.6. The number of hydrogen-bond acceptors (Lipinski definition) is 8. The Morgan fingerprint density at radius 2 is 1.89 bits per heavy atom. The van der Waals surface area contributed by atoms with E-state index in [1.165, 1.54) is 23.7 Å². The molecule has 236 valence electrons. The number of ketones is 1. The van der Waals surface area contributed by atoms with E-state index < -0.39 is 41.3 Å². The fraction of sp³-hybridized carbons (Fsp3) is 0.467. The van der Waals surface area contributed by atoms with Crippen LogP contribution < -0.4 is 32.5 Å².